The molecule has 0 spiro atoms. The molecule has 0 bridgehead atoms. The summed E-state index contributed by atoms with van der Waals surface area (Å²) >= 11 is 5.83. The minimum Gasteiger partial charge on any atom is -0.497 e. The van der Waals surface area contributed by atoms with Crippen LogP contribution in [0.3, 0.4) is 0 Å². The predicted molar refractivity (Wildman–Crippen MR) is 86.1 cm³/mol. The van der Waals surface area contributed by atoms with Crippen molar-refractivity contribution >= 4 is 17.4 Å². The summed E-state index contributed by atoms with van der Waals surface area (Å²) in [4.78, 5) is 11.9. The summed E-state index contributed by atoms with van der Waals surface area (Å²) in [6, 6.07) is 15.4. The second kappa shape index (κ2) is 7.84. The molecule has 3 heteroatoms. The smallest absolute Gasteiger partial charge is 0.137 e. The van der Waals surface area contributed by atoms with Gasteiger partial charge in [0.25, 0.3) is 0 Å². The van der Waals surface area contributed by atoms with Gasteiger partial charge < -0.3 is 4.74 Å². The molecule has 2 nitrogen and oxygen atoms in total. The summed E-state index contributed by atoms with van der Waals surface area (Å²) in [5.41, 5.74) is 2.25. The normalized spacial score (nSPS) is 10.4. The summed E-state index contributed by atoms with van der Waals surface area (Å²) in [6.45, 7) is 0. The number of Topliss-reactive ketones (excluding diaryl/α,β-unsaturated/α-hetero) is 1. The number of aryl methyl sites for hydroxylation is 1. The molecule has 0 aliphatic carbocycles. The third-order valence-corrected chi connectivity index (χ3v) is 3.65. The number of carbonyl (C=O) groups is 1. The highest BCUT2D eigenvalue weighted by atomic mass is 35.5. The summed E-state index contributed by atoms with van der Waals surface area (Å²) in [6.07, 6.45) is 2.88. The molecular weight excluding hydrogens is 284 g/mol. The maximum atomic E-state index is 11.9. The monoisotopic (exact) mass is 302 g/mol. The first kappa shape index (κ1) is 15.6. The average molecular weight is 303 g/mol. The van der Waals surface area contributed by atoms with E-state index in [4.69, 9.17) is 16.3 Å². The number of halogens is 1. The van der Waals surface area contributed by atoms with Crippen LogP contribution in [0.25, 0.3) is 0 Å². The van der Waals surface area contributed by atoms with Gasteiger partial charge in [-0.2, -0.15) is 0 Å². The van der Waals surface area contributed by atoms with E-state index in [1.165, 1.54) is 5.56 Å². The van der Waals surface area contributed by atoms with Gasteiger partial charge in [-0.1, -0.05) is 35.9 Å². The minimum atomic E-state index is 0.269. The number of carbonyl (C=O) groups excluding carboxylic acids is 1. The molecule has 2 aromatic carbocycles. The Balaban J connectivity index is 1.74. The SMILES string of the molecule is COc1ccc(CCCC(=O)Cc2ccc(Cl)cc2)cc1. The maximum Gasteiger partial charge on any atom is 0.137 e. The summed E-state index contributed by atoms with van der Waals surface area (Å²) in [5.74, 6) is 1.13. The zero-order chi connectivity index (χ0) is 15.1. The summed E-state index contributed by atoms with van der Waals surface area (Å²) in [7, 11) is 1.66. The fourth-order valence-corrected chi connectivity index (χ4v) is 2.33. The topological polar surface area (TPSA) is 26.3 Å². The average Bonchev–Trinajstić information content (AvgIpc) is 2.50. The van der Waals surface area contributed by atoms with E-state index in [1.807, 2.05) is 48.5 Å². The molecule has 0 amide bonds. The Labute approximate surface area is 130 Å². The second-order valence-corrected chi connectivity index (χ2v) is 5.48. The molecule has 2 aromatic rings. The fourth-order valence-electron chi connectivity index (χ4n) is 2.20. The van der Waals surface area contributed by atoms with Crippen LogP contribution in [0.15, 0.2) is 48.5 Å². The lowest BCUT2D eigenvalue weighted by Gasteiger charge is -2.04. The molecule has 0 aromatic heterocycles. The Morgan fingerprint density at radius 1 is 1.00 bits per heavy atom. The Bertz CT molecular complexity index is 573. The largest absolute Gasteiger partial charge is 0.497 e. The molecule has 0 fully saturated rings. The van der Waals surface area contributed by atoms with Crippen molar-refractivity contribution in [2.45, 2.75) is 25.7 Å². The van der Waals surface area contributed by atoms with Crippen molar-refractivity contribution in [2.24, 2.45) is 0 Å². The zero-order valence-electron chi connectivity index (χ0n) is 12.1. The van der Waals surface area contributed by atoms with Crippen LogP contribution >= 0.6 is 11.6 Å². The Kier molecular flexibility index (Phi) is 5.82. The van der Waals surface area contributed by atoms with Crippen LogP contribution in [0.1, 0.15) is 24.0 Å². The van der Waals surface area contributed by atoms with E-state index in [9.17, 15) is 4.79 Å². The molecule has 0 saturated carbocycles. The number of methoxy groups -OCH3 is 1. The number of benzene rings is 2. The minimum absolute atomic E-state index is 0.269. The molecular formula is C18H19ClO2. The van der Waals surface area contributed by atoms with Crippen LogP contribution < -0.4 is 4.74 Å². The van der Waals surface area contributed by atoms with Crippen LogP contribution in [0.2, 0.25) is 5.02 Å². The molecule has 0 unspecified atom stereocenters. The highest BCUT2D eigenvalue weighted by Gasteiger charge is 2.04. The number of hydrogen-bond donors (Lipinski definition) is 0. The molecule has 0 radical (unpaired) electrons. The van der Waals surface area contributed by atoms with Crippen molar-refractivity contribution < 1.29 is 9.53 Å². The molecule has 110 valence electrons. The first-order valence-corrected chi connectivity index (χ1v) is 7.44. The lowest BCUT2D eigenvalue weighted by molar-refractivity contribution is -0.118. The standard InChI is InChI=1S/C18H19ClO2/c1-21-18-11-7-14(8-12-18)3-2-4-17(20)13-15-5-9-16(19)10-6-15/h5-12H,2-4,13H2,1H3. The van der Waals surface area contributed by atoms with Crippen LogP contribution in [-0.2, 0) is 17.6 Å². The lowest BCUT2D eigenvalue weighted by Crippen LogP contribution is -2.03. The third kappa shape index (κ3) is 5.24. The molecule has 21 heavy (non-hydrogen) atoms. The van der Waals surface area contributed by atoms with E-state index in [2.05, 4.69) is 0 Å². The van der Waals surface area contributed by atoms with Gasteiger partial charge in [-0.05, 0) is 48.2 Å². The molecule has 0 saturated heterocycles. The highest BCUT2D eigenvalue weighted by molar-refractivity contribution is 6.30. The Morgan fingerprint density at radius 2 is 1.62 bits per heavy atom. The van der Waals surface area contributed by atoms with Crippen molar-refractivity contribution in [2.75, 3.05) is 7.11 Å². The van der Waals surface area contributed by atoms with Crippen molar-refractivity contribution in [1.82, 2.24) is 0 Å². The second-order valence-electron chi connectivity index (χ2n) is 5.04. The van der Waals surface area contributed by atoms with Gasteiger partial charge in [0.05, 0.1) is 7.11 Å². The van der Waals surface area contributed by atoms with Crippen molar-refractivity contribution in [3.05, 3.63) is 64.7 Å². The molecule has 2 rings (SSSR count). The van der Waals surface area contributed by atoms with E-state index >= 15 is 0 Å². The van der Waals surface area contributed by atoms with Crippen LogP contribution in [0.5, 0.6) is 5.75 Å². The van der Waals surface area contributed by atoms with Crippen LogP contribution in [-0.4, -0.2) is 12.9 Å². The molecule has 0 heterocycles. The summed E-state index contributed by atoms with van der Waals surface area (Å²) < 4.78 is 5.12. The quantitative estimate of drug-likeness (QED) is 0.753. The maximum absolute atomic E-state index is 11.9. The van der Waals surface area contributed by atoms with E-state index in [-0.39, 0.29) is 5.78 Å². The molecule has 0 aliphatic rings. The zero-order valence-corrected chi connectivity index (χ0v) is 12.9. The van der Waals surface area contributed by atoms with Crippen molar-refractivity contribution in [3.8, 4) is 5.75 Å². The van der Waals surface area contributed by atoms with Gasteiger partial charge in [-0.3, -0.25) is 4.79 Å². The van der Waals surface area contributed by atoms with E-state index in [0.717, 1.165) is 24.2 Å². The fraction of sp³-hybridized carbons (Fsp3) is 0.278. The first-order chi connectivity index (χ1) is 10.2. The van der Waals surface area contributed by atoms with Gasteiger partial charge >= 0.3 is 0 Å². The summed E-state index contributed by atoms with van der Waals surface area (Å²) in [5, 5.41) is 0.700. The lowest BCUT2D eigenvalue weighted by atomic mass is 10.0. The number of hydrogen-bond acceptors (Lipinski definition) is 2. The van der Waals surface area contributed by atoms with Crippen LogP contribution in [0, 0.1) is 0 Å². The van der Waals surface area contributed by atoms with Crippen LogP contribution in [0.4, 0.5) is 0 Å². The highest BCUT2D eigenvalue weighted by Crippen LogP contribution is 2.14. The van der Waals surface area contributed by atoms with E-state index in [0.29, 0.717) is 17.9 Å². The van der Waals surface area contributed by atoms with Gasteiger partial charge in [-0.25, -0.2) is 0 Å². The molecule has 0 N–H and O–H groups in total. The van der Waals surface area contributed by atoms with Gasteiger partial charge in [0.1, 0.15) is 11.5 Å². The van der Waals surface area contributed by atoms with Gasteiger partial charge in [0, 0.05) is 17.9 Å². The molecule has 0 aliphatic heterocycles. The van der Waals surface area contributed by atoms with Gasteiger partial charge in [0.2, 0.25) is 0 Å². The Morgan fingerprint density at radius 3 is 2.24 bits per heavy atom. The number of ether oxygens (including phenoxy) is 1. The first-order valence-electron chi connectivity index (χ1n) is 7.06. The van der Waals surface area contributed by atoms with Crippen molar-refractivity contribution in [1.29, 1.82) is 0 Å². The molecule has 0 atom stereocenters. The number of ketones is 1. The van der Waals surface area contributed by atoms with Crippen molar-refractivity contribution in [3.63, 3.8) is 0 Å². The predicted octanol–water partition coefficient (Wildman–Crippen LogP) is 4.48. The van der Waals surface area contributed by atoms with E-state index < -0.39 is 0 Å². The van der Waals surface area contributed by atoms with E-state index in [1.54, 1.807) is 7.11 Å². The van der Waals surface area contributed by atoms with Gasteiger partial charge in [-0.15, -0.1) is 0 Å². The third-order valence-electron chi connectivity index (χ3n) is 3.39. The Hall–Kier alpha value is -1.80. The van der Waals surface area contributed by atoms with Gasteiger partial charge in [0.15, 0.2) is 0 Å². The number of rotatable bonds is 7.